The van der Waals surface area contributed by atoms with E-state index in [1.165, 1.54) is 31.5 Å². The average molecular weight is 406 g/mol. The molecule has 0 radical (unpaired) electrons. The second kappa shape index (κ2) is 11.3. The highest BCUT2D eigenvalue weighted by Crippen LogP contribution is 2.25. The number of nitrogens with zero attached hydrogens (tertiary/aromatic N) is 3. The van der Waals surface area contributed by atoms with Crippen LogP contribution >= 0.6 is 0 Å². The fraction of sp³-hybridized carbons (Fsp3) is 0.739. The van der Waals surface area contributed by atoms with Gasteiger partial charge in [0.25, 0.3) is 0 Å². The number of rotatable bonds is 9. The third-order valence-corrected chi connectivity index (χ3v) is 6.44. The van der Waals surface area contributed by atoms with Gasteiger partial charge in [0.2, 0.25) is 0 Å². The monoisotopic (exact) mass is 405 g/mol. The summed E-state index contributed by atoms with van der Waals surface area (Å²) < 4.78 is 5.55. The fourth-order valence-corrected chi connectivity index (χ4v) is 4.85. The highest BCUT2D eigenvalue weighted by molar-refractivity contribution is 5.28. The van der Waals surface area contributed by atoms with E-state index in [1.54, 1.807) is 0 Å². The first-order chi connectivity index (χ1) is 14.1. The van der Waals surface area contributed by atoms with E-state index in [9.17, 15) is 5.11 Å². The predicted molar refractivity (Wildman–Crippen MR) is 116 cm³/mol. The Morgan fingerprint density at radius 1 is 1.07 bits per heavy atom. The Bertz CT molecular complexity index is 605. The number of piperidine rings is 1. The molecule has 1 atom stereocenters. The molecule has 1 aromatic carbocycles. The van der Waals surface area contributed by atoms with E-state index in [1.807, 2.05) is 12.1 Å². The van der Waals surface area contributed by atoms with Gasteiger partial charge in [-0.2, -0.15) is 0 Å². The summed E-state index contributed by atoms with van der Waals surface area (Å²) in [6.07, 6.45) is 3.33. The summed E-state index contributed by atoms with van der Waals surface area (Å²) in [6, 6.07) is 9.89. The van der Waals surface area contributed by atoms with Crippen molar-refractivity contribution in [2.75, 3.05) is 52.5 Å². The van der Waals surface area contributed by atoms with Crippen LogP contribution in [0.4, 0.5) is 0 Å². The number of piperazine rings is 1. The van der Waals surface area contributed by atoms with Crippen molar-refractivity contribution in [3.8, 4) is 5.75 Å². The van der Waals surface area contributed by atoms with E-state index in [0.29, 0.717) is 24.7 Å². The lowest BCUT2D eigenvalue weighted by Gasteiger charge is -2.48. The van der Waals surface area contributed by atoms with Crippen LogP contribution in [0.3, 0.4) is 0 Å². The number of ether oxygens (including phenoxy) is 1. The summed E-state index contributed by atoms with van der Waals surface area (Å²) in [5, 5.41) is 18.6. The second-order valence-corrected chi connectivity index (χ2v) is 8.72. The van der Waals surface area contributed by atoms with E-state index < -0.39 is 0 Å². The van der Waals surface area contributed by atoms with E-state index in [0.717, 1.165) is 38.3 Å². The van der Waals surface area contributed by atoms with Crippen molar-refractivity contribution < 1.29 is 14.9 Å². The molecule has 2 aliphatic heterocycles. The molecule has 0 spiro atoms. The Labute approximate surface area is 176 Å². The molecule has 2 N–H and O–H groups in total. The first-order valence-electron chi connectivity index (χ1n) is 11.3. The number of hydrogen-bond donors (Lipinski definition) is 2. The van der Waals surface area contributed by atoms with E-state index in [-0.39, 0.29) is 13.2 Å². The average Bonchev–Trinajstić information content (AvgIpc) is 2.73. The molecule has 6 heteroatoms. The van der Waals surface area contributed by atoms with Gasteiger partial charge in [-0.15, -0.1) is 0 Å². The highest BCUT2D eigenvalue weighted by Gasteiger charge is 2.33. The van der Waals surface area contributed by atoms with Crippen LogP contribution < -0.4 is 4.74 Å². The standard InChI is InChI=1S/C23H39N3O3/c1-19(2)25-9-6-21(7-10-25)26-12-11-24(18-22(26)8-13-27)17-20-4-3-5-23(16-20)29-15-14-28/h3-5,16,19,21-22,27-28H,6-15,17-18H2,1-2H3/t22-/m0/s1. The van der Waals surface area contributed by atoms with Crippen molar-refractivity contribution in [1.29, 1.82) is 0 Å². The highest BCUT2D eigenvalue weighted by atomic mass is 16.5. The van der Waals surface area contributed by atoms with Crippen molar-refractivity contribution in [3.05, 3.63) is 29.8 Å². The van der Waals surface area contributed by atoms with Crippen LogP contribution in [-0.4, -0.2) is 95.6 Å². The van der Waals surface area contributed by atoms with Crippen molar-refractivity contribution >= 4 is 0 Å². The first-order valence-corrected chi connectivity index (χ1v) is 11.3. The second-order valence-electron chi connectivity index (χ2n) is 8.72. The Balaban J connectivity index is 1.56. The van der Waals surface area contributed by atoms with Crippen LogP contribution in [0.25, 0.3) is 0 Å². The quantitative estimate of drug-likeness (QED) is 0.653. The number of benzene rings is 1. The molecule has 2 saturated heterocycles. The van der Waals surface area contributed by atoms with Crippen molar-refractivity contribution in [3.63, 3.8) is 0 Å². The van der Waals surface area contributed by atoms with Gasteiger partial charge in [0.15, 0.2) is 0 Å². The maximum absolute atomic E-state index is 9.65. The van der Waals surface area contributed by atoms with Crippen molar-refractivity contribution in [2.24, 2.45) is 0 Å². The molecule has 1 aromatic rings. The molecular weight excluding hydrogens is 366 g/mol. The molecule has 0 unspecified atom stereocenters. The van der Waals surface area contributed by atoms with Gasteiger partial charge < -0.3 is 19.8 Å². The lowest BCUT2D eigenvalue weighted by Crippen LogP contribution is -2.58. The van der Waals surface area contributed by atoms with Crippen molar-refractivity contribution in [2.45, 2.75) is 57.8 Å². The summed E-state index contributed by atoms with van der Waals surface area (Å²) in [6.45, 7) is 11.6. The van der Waals surface area contributed by atoms with E-state index >= 15 is 0 Å². The predicted octanol–water partition coefficient (Wildman–Crippen LogP) is 1.80. The summed E-state index contributed by atoms with van der Waals surface area (Å²) in [4.78, 5) is 7.77. The molecule has 0 amide bonds. The van der Waals surface area contributed by atoms with Crippen LogP contribution in [0.1, 0.15) is 38.7 Å². The van der Waals surface area contributed by atoms with Gasteiger partial charge in [-0.05, 0) is 63.9 Å². The van der Waals surface area contributed by atoms with Crippen LogP contribution in [0, 0.1) is 0 Å². The molecule has 6 nitrogen and oxygen atoms in total. The molecule has 164 valence electrons. The lowest BCUT2D eigenvalue weighted by atomic mass is 9.97. The first kappa shape index (κ1) is 22.5. The lowest BCUT2D eigenvalue weighted by molar-refractivity contribution is -0.0000439. The van der Waals surface area contributed by atoms with Crippen LogP contribution in [0.15, 0.2) is 24.3 Å². The Morgan fingerprint density at radius 3 is 2.55 bits per heavy atom. The number of likely N-dealkylation sites (tertiary alicyclic amines) is 1. The van der Waals surface area contributed by atoms with E-state index in [4.69, 9.17) is 9.84 Å². The molecule has 0 aliphatic carbocycles. The van der Waals surface area contributed by atoms with Crippen LogP contribution in [-0.2, 0) is 6.54 Å². The maximum atomic E-state index is 9.65. The number of aliphatic hydroxyl groups excluding tert-OH is 2. The molecule has 0 saturated carbocycles. The van der Waals surface area contributed by atoms with Gasteiger partial charge in [0.1, 0.15) is 12.4 Å². The number of aliphatic hydroxyl groups is 2. The van der Waals surface area contributed by atoms with Crippen LogP contribution in [0.2, 0.25) is 0 Å². The maximum Gasteiger partial charge on any atom is 0.119 e. The zero-order valence-electron chi connectivity index (χ0n) is 18.2. The van der Waals surface area contributed by atoms with Gasteiger partial charge in [-0.25, -0.2) is 0 Å². The molecule has 29 heavy (non-hydrogen) atoms. The summed E-state index contributed by atoms with van der Waals surface area (Å²) in [7, 11) is 0. The van der Waals surface area contributed by atoms with E-state index in [2.05, 4.69) is 40.7 Å². The Kier molecular flexibility index (Phi) is 8.75. The van der Waals surface area contributed by atoms with Gasteiger partial charge in [0.05, 0.1) is 6.61 Å². The molecule has 2 aliphatic rings. The van der Waals surface area contributed by atoms with Gasteiger partial charge in [-0.1, -0.05) is 12.1 Å². The molecular formula is C23H39N3O3. The number of hydrogen-bond acceptors (Lipinski definition) is 6. The minimum Gasteiger partial charge on any atom is -0.491 e. The largest absolute Gasteiger partial charge is 0.491 e. The Hall–Kier alpha value is -1.18. The van der Waals surface area contributed by atoms with Gasteiger partial charge in [0, 0.05) is 50.9 Å². The summed E-state index contributed by atoms with van der Waals surface area (Å²) in [5.74, 6) is 0.819. The zero-order valence-corrected chi connectivity index (χ0v) is 18.2. The summed E-state index contributed by atoms with van der Waals surface area (Å²) in [5.41, 5.74) is 1.24. The molecule has 2 heterocycles. The third-order valence-electron chi connectivity index (χ3n) is 6.44. The minimum absolute atomic E-state index is 0.0329. The van der Waals surface area contributed by atoms with Crippen molar-refractivity contribution in [1.82, 2.24) is 14.7 Å². The molecule has 3 rings (SSSR count). The molecule has 0 bridgehead atoms. The Morgan fingerprint density at radius 2 is 1.86 bits per heavy atom. The van der Waals surface area contributed by atoms with Gasteiger partial charge in [-0.3, -0.25) is 9.80 Å². The topological polar surface area (TPSA) is 59.4 Å². The fourth-order valence-electron chi connectivity index (χ4n) is 4.85. The summed E-state index contributed by atoms with van der Waals surface area (Å²) >= 11 is 0. The molecule has 0 aromatic heterocycles. The van der Waals surface area contributed by atoms with Crippen LogP contribution in [0.5, 0.6) is 5.75 Å². The zero-order chi connectivity index (χ0) is 20.6. The third kappa shape index (κ3) is 6.40. The smallest absolute Gasteiger partial charge is 0.119 e. The van der Waals surface area contributed by atoms with Gasteiger partial charge >= 0.3 is 0 Å². The molecule has 2 fully saturated rings. The normalized spacial score (nSPS) is 23.0. The SMILES string of the molecule is CC(C)N1CCC(N2CCN(Cc3cccc(OCCO)c3)C[C@@H]2CCO)CC1. The minimum atomic E-state index is 0.0329.